The number of aryl methyl sites for hydroxylation is 1. The summed E-state index contributed by atoms with van der Waals surface area (Å²) in [6.07, 6.45) is 2.49. The summed E-state index contributed by atoms with van der Waals surface area (Å²) in [4.78, 5) is 24.3. The van der Waals surface area contributed by atoms with Crippen LogP contribution in [0.4, 0.5) is 5.69 Å². The van der Waals surface area contributed by atoms with Gasteiger partial charge in [-0.25, -0.2) is 0 Å². The number of benzene rings is 3. The van der Waals surface area contributed by atoms with Gasteiger partial charge < -0.3 is 19.9 Å². The number of aliphatic carboxylic acids is 1. The fraction of sp³-hybridized carbons (Fsp3) is 0.300. The molecule has 2 N–H and O–H groups in total. The Balaban J connectivity index is 1.29. The summed E-state index contributed by atoms with van der Waals surface area (Å²) >= 11 is 0. The van der Waals surface area contributed by atoms with Crippen LogP contribution in [0.5, 0.6) is 11.5 Å². The second-order valence-electron chi connectivity index (χ2n) is 9.66. The lowest BCUT2D eigenvalue weighted by Crippen LogP contribution is -2.27. The molecule has 0 radical (unpaired) electrons. The quantitative estimate of drug-likeness (QED) is 0.420. The summed E-state index contributed by atoms with van der Waals surface area (Å²) in [5.41, 5.74) is 3.69. The first-order chi connectivity index (χ1) is 18.0. The van der Waals surface area contributed by atoms with Crippen LogP contribution < -0.4 is 14.8 Å². The van der Waals surface area contributed by atoms with Crippen molar-refractivity contribution >= 4 is 17.6 Å². The molecule has 1 fully saturated rings. The molecule has 2 aliphatic rings. The van der Waals surface area contributed by atoms with Crippen molar-refractivity contribution in [1.29, 1.82) is 5.26 Å². The Kier molecular flexibility index (Phi) is 6.82. The maximum absolute atomic E-state index is 13.4. The van der Waals surface area contributed by atoms with Gasteiger partial charge in [-0.1, -0.05) is 42.5 Å². The third kappa shape index (κ3) is 5.29. The Morgan fingerprint density at radius 2 is 1.97 bits per heavy atom. The molecule has 0 saturated heterocycles. The number of hydrogen-bond donors (Lipinski definition) is 2. The molecule has 7 nitrogen and oxygen atoms in total. The predicted octanol–water partition coefficient (Wildman–Crippen LogP) is 5.22. The average Bonchev–Trinajstić information content (AvgIpc) is 3.63. The fourth-order valence-electron chi connectivity index (χ4n) is 5.20. The van der Waals surface area contributed by atoms with E-state index in [4.69, 9.17) is 14.6 Å². The van der Waals surface area contributed by atoms with E-state index in [1.165, 1.54) is 0 Å². The number of rotatable bonds is 9. The molecular formula is C30H28N2O5. The summed E-state index contributed by atoms with van der Waals surface area (Å²) < 4.78 is 11.9. The Morgan fingerprint density at radius 1 is 1.14 bits per heavy atom. The molecule has 1 saturated carbocycles. The van der Waals surface area contributed by atoms with Crippen molar-refractivity contribution in [3.8, 4) is 17.6 Å². The molecule has 188 valence electrons. The molecule has 1 aliphatic carbocycles. The number of hydrogen-bond acceptors (Lipinski definition) is 5. The predicted molar refractivity (Wildman–Crippen MR) is 137 cm³/mol. The smallest absolute Gasteiger partial charge is 0.303 e. The molecule has 2 atom stereocenters. The number of fused-ring (bicyclic) bond motifs is 2. The van der Waals surface area contributed by atoms with Crippen LogP contribution in [0.1, 0.15) is 47.9 Å². The van der Waals surface area contributed by atoms with E-state index in [1.54, 1.807) is 18.2 Å². The Hall–Kier alpha value is -4.31. The molecule has 7 heteroatoms. The zero-order valence-electron chi connectivity index (χ0n) is 20.4. The molecule has 3 aromatic rings. The van der Waals surface area contributed by atoms with Crippen molar-refractivity contribution in [2.24, 2.45) is 5.92 Å². The van der Waals surface area contributed by atoms with Crippen molar-refractivity contribution in [1.82, 2.24) is 0 Å². The van der Waals surface area contributed by atoms with E-state index in [0.29, 0.717) is 37.3 Å². The van der Waals surface area contributed by atoms with E-state index < -0.39 is 5.97 Å². The van der Waals surface area contributed by atoms with Gasteiger partial charge in [-0.05, 0) is 55.0 Å². The zero-order valence-corrected chi connectivity index (χ0v) is 20.4. The van der Waals surface area contributed by atoms with Crippen LogP contribution in [0.15, 0.2) is 66.7 Å². The van der Waals surface area contributed by atoms with E-state index in [0.717, 1.165) is 41.0 Å². The van der Waals surface area contributed by atoms with Crippen molar-refractivity contribution in [3.05, 3.63) is 89.0 Å². The minimum Gasteiger partial charge on any atom is -0.493 e. The van der Waals surface area contributed by atoms with Gasteiger partial charge in [-0.3, -0.25) is 9.59 Å². The summed E-state index contributed by atoms with van der Waals surface area (Å²) in [6, 6.07) is 23.1. The van der Waals surface area contributed by atoms with Crippen LogP contribution in [-0.4, -0.2) is 23.6 Å². The van der Waals surface area contributed by atoms with Crippen LogP contribution in [0, 0.1) is 17.2 Å². The van der Waals surface area contributed by atoms with Crippen LogP contribution in [-0.2, 0) is 28.0 Å². The molecule has 3 aromatic carbocycles. The van der Waals surface area contributed by atoms with Crippen molar-refractivity contribution in [2.75, 3.05) is 11.9 Å². The molecule has 1 spiro atoms. The highest BCUT2D eigenvalue weighted by Crippen LogP contribution is 2.61. The lowest BCUT2D eigenvalue weighted by atomic mass is 9.87. The van der Waals surface area contributed by atoms with Crippen LogP contribution >= 0.6 is 0 Å². The first-order valence-corrected chi connectivity index (χ1v) is 12.5. The molecule has 37 heavy (non-hydrogen) atoms. The van der Waals surface area contributed by atoms with E-state index in [2.05, 4.69) is 11.4 Å². The third-order valence-corrected chi connectivity index (χ3v) is 7.27. The maximum atomic E-state index is 13.4. The Bertz CT molecular complexity index is 1360. The highest BCUT2D eigenvalue weighted by atomic mass is 16.5. The summed E-state index contributed by atoms with van der Waals surface area (Å²) in [5.74, 6) is 0.329. The lowest BCUT2D eigenvalue weighted by molar-refractivity contribution is -0.137. The number of carbonyl (C=O) groups excluding carboxylic acids is 1. The third-order valence-electron chi connectivity index (χ3n) is 7.27. The van der Waals surface area contributed by atoms with Gasteiger partial charge in [0.2, 0.25) is 5.91 Å². The van der Waals surface area contributed by atoms with Gasteiger partial charge in [0.15, 0.2) is 0 Å². The fourth-order valence-corrected chi connectivity index (χ4v) is 5.20. The van der Waals surface area contributed by atoms with E-state index in [9.17, 15) is 14.9 Å². The minimum atomic E-state index is -0.856. The molecule has 0 aromatic heterocycles. The zero-order chi connectivity index (χ0) is 25.8. The number of amides is 1. The van der Waals surface area contributed by atoms with Gasteiger partial charge >= 0.3 is 5.97 Å². The SMILES string of the molecule is N#Cc1ccc(CCCC(=O)O)c(NC(=O)C2CC23CCOc2cc(OCc4ccccc4)ccc23)c1. The maximum Gasteiger partial charge on any atom is 0.303 e. The van der Waals surface area contributed by atoms with Gasteiger partial charge in [0, 0.05) is 35.1 Å². The average molecular weight is 497 g/mol. The molecule has 0 bridgehead atoms. The van der Waals surface area contributed by atoms with E-state index in [1.807, 2.05) is 48.5 Å². The first-order valence-electron chi connectivity index (χ1n) is 12.5. The van der Waals surface area contributed by atoms with E-state index >= 15 is 0 Å². The number of nitrogens with zero attached hydrogens (tertiary/aromatic N) is 1. The topological polar surface area (TPSA) is 109 Å². The monoisotopic (exact) mass is 496 g/mol. The summed E-state index contributed by atoms with van der Waals surface area (Å²) in [6.45, 7) is 0.996. The lowest BCUT2D eigenvalue weighted by Gasteiger charge is -2.27. The largest absolute Gasteiger partial charge is 0.493 e. The number of carbonyl (C=O) groups is 2. The standard InChI is InChI=1S/C30H28N2O5/c31-18-21-9-10-22(7-4-8-28(33)34)26(15-21)32-29(35)25-17-30(25)13-14-36-27-16-23(11-12-24(27)30)37-19-20-5-2-1-3-6-20/h1-3,5-6,9-12,15-16,25H,4,7-8,13-14,17,19H2,(H,32,35)(H,33,34). The van der Waals surface area contributed by atoms with Gasteiger partial charge in [-0.15, -0.1) is 0 Å². The summed E-state index contributed by atoms with van der Waals surface area (Å²) in [7, 11) is 0. The van der Waals surface area contributed by atoms with Gasteiger partial charge in [0.05, 0.1) is 18.2 Å². The molecule has 1 aliphatic heterocycles. The van der Waals surface area contributed by atoms with Crippen molar-refractivity contribution < 1.29 is 24.2 Å². The van der Waals surface area contributed by atoms with Gasteiger partial charge in [-0.2, -0.15) is 5.26 Å². The van der Waals surface area contributed by atoms with Gasteiger partial charge in [0.1, 0.15) is 18.1 Å². The second kappa shape index (κ2) is 10.4. The normalized spacial score (nSPS) is 19.3. The number of nitriles is 1. The van der Waals surface area contributed by atoms with Crippen LogP contribution in [0.3, 0.4) is 0 Å². The molecule has 2 unspecified atom stereocenters. The highest BCUT2D eigenvalue weighted by molar-refractivity contribution is 5.97. The van der Waals surface area contributed by atoms with Gasteiger partial charge in [0.25, 0.3) is 0 Å². The van der Waals surface area contributed by atoms with Crippen LogP contribution in [0.2, 0.25) is 0 Å². The highest BCUT2D eigenvalue weighted by Gasteiger charge is 2.61. The number of ether oxygens (including phenoxy) is 2. The second-order valence-corrected chi connectivity index (χ2v) is 9.66. The number of anilines is 1. The summed E-state index contributed by atoms with van der Waals surface area (Å²) in [5, 5.41) is 21.3. The van der Waals surface area contributed by atoms with Crippen molar-refractivity contribution in [3.63, 3.8) is 0 Å². The molecular weight excluding hydrogens is 468 g/mol. The molecule has 1 heterocycles. The first kappa shape index (κ1) is 24.4. The molecule has 5 rings (SSSR count). The number of nitrogens with one attached hydrogen (secondary N) is 1. The van der Waals surface area contributed by atoms with Crippen LogP contribution in [0.25, 0.3) is 0 Å². The number of carboxylic acids is 1. The Labute approximate surface area is 215 Å². The van der Waals surface area contributed by atoms with E-state index in [-0.39, 0.29) is 23.7 Å². The Morgan fingerprint density at radius 3 is 2.76 bits per heavy atom. The molecule has 1 amide bonds. The minimum absolute atomic E-state index is 0.0486. The number of carboxylic acid groups (broad SMARTS) is 1. The van der Waals surface area contributed by atoms with Crippen molar-refractivity contribution in [2.45, 2.75) is 44.1 Å².